The molecule has 0 radical (unpaired) electrons. The number of halogens is 1. The molecule has 5 heteroatoms. The highest BCUT2D eigenvalue weighted by Crippen LogP contribution is 2.25. The number of fused-ring (bicyclic) bond motifs is 1. The van der Waals surface area contributed by atoms with Crippen molar-refractivity contribution < 1.29 is 9.53 Å². The fraction of sp³-hybridized carbons (Fsp3) is 0.278. The first-order valence-corrected chi connectivity index (χ1v) is 8.51. The molecule has 2 aromatic carbocycles. The van der Waals surface area contributed by atoms with Crippen LogP contribution in [0.3, 0.4) is 0 Å². The summed E-state index contributed by atoms with van der Waals surface area (Å²) < 4.78 is 6.47. The third-order valence-electron chi connectivity index (χ3n) is 3.78. The monoisotopic (exact) mass is 374 g/mol. The van der Waals surface area contributed by atoms with Crippen LogP contribution in [0.2, 0.25) is 0 Å². The molecule has 0 unspecified atom stereocenters. The molecule has 4 nitrogen and oxygen atoms in total. The van der Waals surface area contributed by atoms with Crippen LogP contribution in [0.5, 0.6) is 5.75 Å². The topological polar surface area (TPSA) is 50.4 Å². The number of amides is 1. The van der Waals surface area contributed by atoms with E-state index in [4.69, 9.17) is 4.74 Å². The van der Waals surface area contributed by atoms with E-state index in [1.165, 1.54) is 11.1 Å². The summed E-state index contributed by atoms with van der Waals surface area (Å²) in [7, 11) is 0. The fourth-order valence-electron chi connectivity index (χ4n) is 2.55. The predicted octanol–water partition coefficient (Wildman–Crippen LogP) is 2.90. The van der Waals surface area contributed by atoms with Gasteiger partial charge in [0.25, 0.3) is 5.91 Å². The van der Waals surface area contributed by atoms with Gasteiger partial charge in [0.1, 0.15) is 5.75 Å². The van der Waals surface area contributed by atoms with Crippen LogP contribution in [0, 0.1) is 0 Å². The Hall–Kier alpha value is -1.85. The van der Waals surface area contributed by atoms with E-state index in [2.05, 4.69) is 38.7 Å². The summed E-state index contributed by atoms with van der Waals surface area (Å²) in [6.45, 7) is 2.91. The molecule has 0 aliphatic carbocycles. The minimum Gasteiger partial charge on any atom is -0.493 e. The molecular weight excluding hydrogens is 356 g/mol. The molecule has 0 saturated carbocycles. The number of hydrogen-bond acceptors (Lipinski definition) is 3. The maximum atomic E-state index is 11.9. The van der Waals surface area contributed by atoms with Crippen LogP contribution in [0.4, 0.5) is 0 Å². The van der Waals surface area contributed by atoms with Gasteiger partial charge in [-0.2, -0.15) is 0 Å². The molecule has 1 aliphatic heterocycles. The lowest BCUT2D eigenvalue weighted by Crippen LogP contribution is -2.31. The van der Waals surface area contributed by atoms with Crippen molar-refractivity contribution in [2.24, 2.45) is 0 Å². The zero-order valence-corrected chi connectivity index (χ0v) is 14.4. The second-order valence-electron chi connectivity index (χ2n) is 5.48. The van der Waals surface area contributed by atoms with Gasteiger partial charge in [0, 0.05) is 36.1 Å². The fourth-order valence-corrected chi connectivity index (χ4v) is 2.81. The highest BCUT2D eigenvalue weighted by atomic mass is 79.9. The Morgan fingerprint density at radius 3 is 2.78 bits per heavy atom. The van der Waals surface area contributed by atoms with Crippen molar-refractivity contribution in [3.63, 3.8) is 0 Å². The van der Waals surface area contributed by atoms with Crippen LogP contribution in [-0.2, 0) is 13.0 Å². The first-order chi connectivity index (χ1) is 11.2. The van der Waals surface area contributed by atoms with Crippen LogP contribution in [0.1, 0.15) is 21.5 Å². The van der Waals surface area contributed by atoms with Crippen molar-refractivity contribution in [1.29, 1.82) is 0 Å². The van der Waals surface area contributed by atoms with Crippen molar-refractivity contribution in [3.8, 4) is 5.75 Å². The normalized spacial score (nSPS) is 12.6. The van der Waals surface area contributed by atoms with Gasteiger partial charge in [0.05, 0.1) is 6.61 Å². The van der Waals surface area contributed by atoms with Gasteiger partial charge in [-0.25, -0.2) is 0 Å². The third kappa shape index (κ3) is 4.33. The summed E-state index contributed by atoms with van der Waals surface area (Å²) in [5.74, 6) is 0.962. The van der Waals surface area contributed by atoms with Gasteiger partial charge in [-0.15, -0.1) is 0 Å². The number of ether oxygens (including phenoxy) is 1. The van der Waals surface area contributed by atoms with Crippen LogP contribution in [0.15, 0.2) is 46.9 Å². The van der Waals surface area contributed by atoms with Crippen LogP contribution in [-0.4, -0.2) is 25.6 Å². The minimum absolute atomic E-state index is 0.0472. The molecular formula is C18H19BrN2O2. The average molecular weight is 375 g/mol. The van der Waals surface area contributed by atoms with E-state index in [0.29, 0.717) is 12.1 Å². The highest BCUT2D eigenvalue weighted by molar-refractivity contribution is 9.10. The Bertz CT molecular complexity index is 686. The smallest absolute Gasteiger partial charge is 0.251 e. The summed E-state index contributed by atoms with van der Waals surface area (Å²) >= 11 is 3.36. The van der Waals surface area contributed by atoms with Gasteiger partial charge in [0.2, 0.25) is 0 Å². The van der Waals surface area contributed by atoms with E-state index in [1.54, 1.807) is 12.1 Å². The zero-order chi connectivity index (χ0) is 16.1. The largest absolute Gasteiger partial charge is 0.493 e. The van der Waals surface area contributed by atoms with Crippen molar-refractivity contribution in [2.45, 2.75) is 13.0 Å². The number of benzene rings is 2. The molecule has 1 amide bonds. The number of carbonyl (C=O) groups excluding carboxylic acids is 1. The van der Waals surface area contributed by atoms with Crippen LogP contribution >= 0.6 is 15.9 Å². The van der Waals surface area contributed by atoms with Gasteiger partial charge >= 0.3 is 0 Å². The molecule has 0 bridgehead atoms. The van der Waals surface area contributed by atoms with Crippen molar-refractivity contribution in [1.82, 2.24) is 10.6 Å². The number of nitrogens with one attached hydrogen (secondary N) is 2. The molecule has 3 rings (SSSR count). The van der Waals surface area contributed by atoms with E-state index < -0.39 is 0 Å². The van der Waals surface area contributed by atoms with E-state index in [-0.39, 0.29) is 5.91 Å². The number of carbonyl (C=O) groups is 1. The molecule has 1 aliphatic rings. The molecule has 0 aromatic heterocycles. The Morgan fingerprint density at radius 2 is 1.96 bits per heavy atom. The summed E-state index contributed by atoms with van der Waals surface area (Å²) in [4.78, 5) is 11.9. The Labute approximate surface area is 144 Å². The Kier molecular flexibility index (Phi) is 5.31. The lowest BCUT2D eigenvalue weighted by Gasteiger charge is -2.08. The van der Waals surface area contributed by atoms with Crippen molar-refractivity contribution >= 4 is 21.8 Å². The molecule has 2 N–H and O–H groups in total. The van der Waals surface area contributed by atoms with E-state index in [9.17, 15) is 4.79 Å². The van der Waals surface area contributed by atoms with Gasteiger partial charge in [0.15, 0.2) is 0 Å². The zero-order valence-electron chi connectivity index (χ0n) is 12.8. The van der Waals surface area contributed by atoms with Crippen LogP contribution < -0.4 is 15.4 Å². The Balaban J connectivity index is 1.38. The summed E-state index contributed by atoms with van der Waals surface area (Å²) in [6, 6.07) is 13.6. The first-order valence-electron chi connectivity index (χ1n) is 7.71. The maximum absolute atomic E-state index is 11.9. The van der Waals surface area contributed by atoms with Gasteiger partial charge < -0.3 is 15.4 Å². The molecule has 23 heavy (non-hydrogen) atoms. The second kappa shape index (κ2) is 7.62. The molecule has 0 atom stereocenters. The van der Waals surface area contributed by atoms with Gasteiger partial charge in [-0.3, -0.25) is 4.79 Å². The third-order valence-corrected chi connectivity index (χ3v) is 4.31. The molecule has 0 fully saturated rings. The summed E-state index contributed by atoms with van der Waals surface area (Å²) in [5.41, 5.74) is 3.20. The maximum Gasteiger partial charge on any atom is 0.251 e. The highest BCUT2D eigenvalue weighted by Gasteiger charge is 2.11. The van der Waals surface area contributed by atoms with E-state index in [1.807, 2.05) is 18.2 Å². The molecule has 120 valence electrons. The van der Waals surface area contributed by atoms with Gasteiger partial charge in [-0.1, -0.05) is 28.1 Å². The average Bonchev–Trinajstić information content (AvgIpc) is 3.02. The molecule has 0 spiro atoms. The van der Waals surface area contributed by atoms with Gasteiger partial charge in [-0.05, 0) is 41.5 Å². The van der Waals surface area contributed by atoms with Crippen molar-refractivity contribution in [2.75, 3.05) is 19.7 Å². The molecule has 2 aromatic rings. The molecule has 0 saturated heterocycles. The summed E-state index contributed by atoms with van der Waals surface area (Å²) in [6.07, 6.45) is 0.992. The lowest BCUT2D eigenvalue weighted by molar-refractivity contribution is 0.0954. The summed E-state index contributed by atoms with van der Waals surface area (Å²) in [5, 5.41) is 6.26. The Morgan fingerprint density at radius 1 is 1.13 bits per heavy atom. The van der Waals surface area contributed by atoms with E-state index in [0.717, 1.165) is 36.3 Å². The van der Waals surface area contributed by atoms with Crippen LogP contribution in [0.25, 0.3) is 0 Å². The first kappa shape index (κ1) is 16.0. The second-order valence-corrected chi connectivity index (χ2v) is 6.40. The number of hydrogen-bond donors (Lipinski definition) is 2. The quantitative estimate of drug-likeness (QED) is 0.764. The SMILES string of the molecule is O=C(NCCNCc1ccc2c(c1)CCO2)c1ccc(Br)cc1. The number of rotatable bonds is 6. The predicted molar refractivity (Wildman–Crippen MR) is 93.8 cm³/mol. The lowest BCUT2D eigenvalue weighted by atomic mass is 10.1. The molecule has 1 heterocycles. The minimum atomic E-state index is -0.0472. The van der Waals surface area contributed by atoms with Crippen molar-refractivity contribution in [3.05, 3.63) is 63.6 Å². The van der Waals surface area contributed by atoms with E-state index >= 15 is 0 Å². The standard InChI is InChI=1S/C18H19BrN2O2/c19-16-4-2-14(3-5-16)18(22)21-9-8-20-12-13-1-6-17-15(11-13)7-10-23-17/h1-6,11,20H,7-10,12H2,(H,21,22).